The van der Waals surface area contributed by atoms with Gasteiger partial charge in [-0.25, -0.2) is 12.8 Å². The first kappa shape index (κ1) is 27.8. The lowest BCUT2D eigenvalue weighted by molar-refractivity contribution is 0.0718. The maximum atomic E-state index is 13.7. The fourth-order valence-electron chi connectivity index (χ4n) is 6.18. The molecule has 0 saturated carbocycles. The molecule has 2 bridgehead atoms. The van der Waals surface area contributed by atoms with Crippen molar-refractivity contribution in [2.75, 3.05) is 38.2 Å². The minimum atomic E-state index is -3.77. The van der Waals surface area contributed by atoms with E-state index in [4.69, 9.17) is 21.1 Å². The number of rotatable bonds is 7. The van der Waals surface area contributed by atoms with Crippen molar-refractivity contribution in [3.05, 3.63) is 83.1 Å². The number of methoxy groups -OCH3 is 1. The van der Waals surface area contributed by atoms with Crippen LogP contribution in [0.25, 0.3) is 0 Å². The third kappa shape index (κ3) is 5.36. The second-order valence-corrected chi connectivity index (χ2v) is 13.0. The van der Waals surface area contributed by atoms with E-state index in [0.717, 1.165) is 24.7 Å². The third-order valence-electron chi connectivity index (χ3n) is 8.15. The van der Waals surface area contributed by atoms with E-state index < -0.39 is 15.8 Å². The van der Waals surface area contributed by atoms with Crippen LogP contribution in [0.15, 0.2) is 71.6 Å². The minimum Gasteiger partial charge on any atom is -0.495 e. The minimum absolute atomic E-state index is 0.0285. The monoisotopic (exact) mass is 599 g/mol. The summed E-state index contributed by atoms with van der Waals surface area (Å²) in [6, 6.07) is 18.1. The molecule has 0 aromatic heterocycles. The van der Waals surface area contributed by atoms with Crippen LogP contribution in [-0.4, -0.2) is 75.0 Å². The summed E-state index contributed by atoms with van der Waals surface area (Å²) < 4.78 is 54.1. The van der Waals surface area contributed by atoms with Crippen molar-refractivity contribution in [2.45, 2.75) is 42.3 Å². The van der Waals surface area contributed by atoms with Gasteiger partial charge >= 0.3 is 0 Å². The Balaban J connectivity index is 1.21. The van der Waals surface area contributed by atoms with Gasteiger partial charge in [0, 0.05) is 31.7 Å². The number of amides is 1. The fraction of sp³-hybridized carbons (Fsp3) is 0.367. The van der Waals surface area contributed by atoms with E-state index >= 15 is 0 Å². The predicted octanol–water partition coefficient (Wildman–Crippen LogP) is 4.82. The molecule has 3 aliphatic rings. The number of likely N-dealkylation sites (tertiary alicyclic amines) is 1. The number of para-hydroxylation sites is 1. The molecule has 0 spiro atoms. The van der Waals surface area contributed by atoms with Crippen LogP contribution in [0.2, 0.25) is 5.02 Å². The van der Waals surface area contributed by atoms with Crippen LogP contribution in [0.1, 0.15) is 29.6 Å². The van der Waals surface area contributed by atoms with Gasteiger partial charge in [0.2, 0.25) is 10.0 Å². The van der Waals surface area contributed by atoms with E-state index in [1.165, 1.54) is 16.4 Å². The Morgan fingerprint density at radius 2 is 1.68 bits per heavy atom. The van der Waals surface area contributed by atoms with E-state index in [1.807, 2.05) is 30.3 Å². The number of piperazine rings is 1. The van der Waals surface area contributed by atoms with Crippen molar-refractivity contribution in [3.63, 3.8) is 0 Å². The number of sulfonamides is 1. The number of benzene rings is 3. The number of fused-ring (bicyclic) bond motifs is 2. The summed E-state index contributed by atoms with van der Waals surface area (Å²) in [4.78, 5) is 17.4. The van der Waals surface area contributed by atoms with Crippen molar-refractivity contribution >= 4 is 33.2 Å². The van der Waals surface area contributed by atoms with Gasteiger partial charge in [-0.1, -0.05) is 29.8 Å². The number of carbonyl (C=O) groups is 1. The van der Waals surface area contributed by atoms with Gasteiger partial charge in [0.25, 0.3) is 5.91 Å². The molecule has 1 amide bonds. The van der Waals surface area contributed by atoms with Gasteiger partial charge in [0.1, 0.15) is 23.4 Å². The molecule has 8 nitrogen and oxygen atoms in total. The summed E-state index contributed by atoms with van der Waals surface area (Å²) in [6.45, 7) is 1.53. The number of ether oxygens (including phenoxy) is 2. The van der Waals surface area contributed by atoms with Crippen LogP contribution in [0.3, 0.4) is 0 Å². The van der Waals surface area contributed by atoms with Crippen molar-refractivity contribution in [2.24, 2.45) is 0 Å². The molecule has 41 heavy (non-hydrogen) atoms. The average Bonchev–Trinajstić information content (AvgIpc) is 3.54. The van der Waals surface area contributed by atoms with E-state index in [9.17, 15) is 17.6 Å². The molecule has 0 aliphatic carbocycles. The quantitative estimate of drug-likeness (QED) is 0.387. The molecular formula is C30H31ClFN3O5S. The molecule has 11 heteroatoms. The molecule has 3 fully saturated rings. The normalized spacial score (nSPS) is 22.7. The number of anilines is 1. The maximum absolute atomic E-state index is 13.7. The van der Waals surface area contributed by atoms with Gasteiger partial charge in [-0.15, -0.1) is 0 Å². The van der Waals surface area contributed by atoms with Crippen LogP contribution in [0.4, 0.5) is 10.1 Å². The van der Waals surface area contributed by atoms with Gasteiger partial charge in [-0.3, -0.25) is 4.79 Å². The molecular weight excluding hydrogens is 569 g/mol. The lowest BCUT2D eigenvalue weighted by atomic mass is 10.1. The molecule has 3 atom stereocenters. The standard InChI is InChI=1S/C30H31ClFN3O5S/c1-39-29-12-10-25(41(37,38)34-14-13-24(19-34)40-23-5-3-2-4-6-23)16-28(29)35-21-8-9-22(35)18-33(17-21)30(36)26-11-7-20(32)15-27(26)31/h2-7,10-12,15-16,21-22,24H,8-9,13-14,17-19H2,1H3/t21-,22+,24-/m0/s1. The van der Waals surface area contributed by atoms with Crippen LogP contribution < -0.4 is 14.4 Å². The number of hydrogen-bond donors (Lipinski definition) is 0. The highest BCUT2D eigenvalue weighted by molar-refractivity contribution is 7.89. The van der Waals surface area contributed by atoms with Crippen molar-refractivity contribution < 1.29 is 27.1 Å². The summed E-state index contributed by atoms with van der Waals surface area (Å²) in [5.41, 5.74) is 0.969. The summed E-state index contributed by atoms with van der Waals surface area (Å²) in [6.07, 6.45) is 2.07. The molecule has 0 radical (unpaired) electrons. The number of halogens is 2. The van der Waals surface area contributed by atoms with E-state index in [-0.39, 0.29) is 46.1 Å². The molecule has 3 saturated heterocycles. The molecule has 0 N–H and O–H groups in total. The molecule has 3 heterocycles. The van der Waals surface area contributed by atoms with Crippen LogP contribution in [0.5, 0.6) is 11.5 Å². The smallest absolute Gasteiger partial charge is 0.255 e. The highest BCUT2D eigenvalue weighted by atomic mass is 35.5. The lowest BCUT2D eigenvalue weighted by Crippen LogP contribution is -2.55. The first-order valence-electron chi connectivity index (χ1n) is 13.7. The second-order valence-electron chi connectivity index (χ2n) is 10.7. The van der Waals surface area contributed by atoms with E-state index in [2.05, 4.69) is 4.90 Å². The van der Waals surface area contributed by atoms with Gasteiger partial charge in [-0.2, -0.15) is 4.31 Å². The number of nitrogens with zero attached hydrogens (tertiary/aromatic N) is 3. The fourth-order valence-corrected chi connectivity index (χ4v) is 7.94. The highest BCUT2D eigenvalue weighted by Crippen LogP contribution is 2.42. The maximum Gasteiger partial charge on any atom is 0.255 e. The Morgan fingerprint density at radius 3 is 2.37 bits per heavy atom. The van der Waals surface area contributed by atoms with Crippen LogP contribution in [0, 0.1) is 5.82 Å². The molecule has 3 aromatic rings. The SMILES string of the molecule is COc1ccc(S(=O)(=O)N2CC[C@H](Oc3ccccc3)C2)cc1N1[C@@H]2CC[C@H]1CN(C(=O)c1ccc(F)cc1Cl)C2. The Labute approximate surface area is 244 Å². The largest absolute Gasteiger partial charge is 0.495 e. The Morgan fingerprint density at radius 1 is 0.951 bits per heavy atom. The topological polar surface area (TPSA) is 79.4 Å². The molecule has 3 aliphatic heterocycles. The van der Waals surface area contributed by atoms with Gasteiger partial charge in [0.15, 0.2) is 0 Å². The first-order valence-corrected chi connectivity index (χ1v) is 15.5. The number of hydrogen-bond acceptors (Lipinski definition) is 6. The van der Waals surface area contributed by atoms with Crippen molar-refractivity contribution in [1.29, 1.82) is 0 Å². The van der Waals surface area contributed by atoms with Crippen LogP contribution >= 0.6 is 11.6 Å². The van der Waals surface area contributed by atoms with Crippen molar-refractivity contribution in [3.8, 4) is 11.5 Å². The third-order valence-corrected chi connectivity index (χ3v) is 10.3. The Kier molecular flexibility index (Phi) is 7.56. The average molecular weight is 600 g/mol. The van der Waals surface area contributed by atoms with Gasteiger partial charge in [-0.05, 0) is 67.8 Å². The molecule has 216 valence electrons. The van der Waals surface area contributed by atoms with E-state index in [1.54, 1.807) is 30.2 Å². The van der Waals surface area contributed by atoms with Gasteiger partial charge < -0.3 is 19.3 Å². The summed E-state index contributed by atoms with van der Waals surface area (Å²) >= 11 is 6.18. The highest BCUT2D eigenvalue weighted by Gasteiger charge is 2.43. The number of carbonyl (C=O) groups excluding carboxylic acids is 1. The molecule has 6 rings (SSSR count). The van der Waals surface area contributed by atoms with Crippen molar-refractivity contribution in [1.82, 2.24) is 9.21 Å². The Hall–Kier alpha value is -3.34. The van der Waals surface area contributed by atoms with Crippen LogP contribution in [-0.2, 0) is 10.0 Å². The zero-order chi connectivity index (χ0) is 28.7. The zero-order valence-corrected chi connectivity index (χ0v) is 24.2. The summed E-state index contributed by atoms with van der Waals surface area (Å²) in [5, 5.41) is 0.0858. The second kappa shape index (κ2) is 11.2. The van der Waals surface area contributed by atoms with E-state index in [0.29, 0.717) is 37.5 Å². The molecule has 3 aromatic carbocycles. The summed E-state index contributed by atoms with van der Waals surface area (Å²) in [5.74, 6) is 0.565. The summed E-state index contributed by atoms with van der Waals surface area (Å²) in [7, 11) is -2.21. The molecule has 0 unspecified atom stereocenters. The van der Waals surface area contributed by atoms with Gasteiger partial charge in [0.05, 0.1) is 34.8 Å². The zero-order valence-electron chi connectivity index (χ0n) is 22.6. The Bertz CT molecular complexity index is 1540. The predicted molar refractivity (Wildman–Crippen MR) is 154 cm³/mol. The lowest BCUT2D eigenvalue weighted by Gasteiger charge is -2.43. The first-order chi connectivity index (χ1) is 19.7.